The van der Waals surface area contributed by atoms with Gasteiger partial charge in [0.1, 0.15) is 17.1 Å². The molecule has 1 N–H and O–H groups in total. The Hall–Kier alpha value is -2.80. The lowest BCUT2D eigenvalue weighted by atomic mass is 10.1. The van der Waals surface area contributed by atoms with Crippen LogP contribution in [0.2, 0.25) is 0 Å². The third-order valence-corrected chi connectivity index (χ3v) is 2.58. The lowest BCUT2D eigenvalue weighted by molar-refractivity contribution is 0.0694. The molecule has 4 heteroatoms. The van der Waals surface area contributed by atoms with Crippen LogP contribution in [0.4, 0.5) is 0 Å². The van der Waals surface area contributed by atoms with Crippen LogP contribution in [0.5, 0.6) is 11.5 Å². The second-order valence-corrected chi connectivity index (χ2v) is 4.04. The standard InChI is InChI=1S/C15H11NO3/c1-10-2-7-14(13(8-10)15(17)18)19-12-5-3-11(9-16)4-6-12/h2-8H,1H3,(H,17,18). The number of aromatic carboxylic acids is 1. The van der Waals surface area contributed by atoms with E-state index in [9.17, 15) is 4.79 Å². The first-order valence-corrected chi connectivity index (χ1v) is 5.62. The average molecular weight is 253 g/mol. The minimum absolute atomic E-state index is 0.115. The predicted octanol–water partition coefficient (Wildman–Crippen LogP) is 3.36. The van der Waals surface area contributed by atoms with Gasteiger partial charge in [0.15, 0.2) is 0 Å². The molecular formula is C15H11NO3. The molecule has 2 rings (SSSR count). The number of carboxylic acids is 1. The van der Waals surface area contributed by atoms with E-state index in [1.807, 2.05) is 13.0 Å². The van der Waals surface area contributed by atoms with Gasteiger partial charge in [0.25, 0.3) is 0 Å². The molecule has 0 aliphatic carbocycles. The number of hydrogen-bond acceptors (Lipinski definition) is 3. The van der Waals surface area contributed by atoms with Crippen LogP contribution in [0.3, 0.4) is 0 Å². The van der Waals surface area contributed by atoms with E-state index in [1.165, 1.54) is 0 Å². The number of aryl methyl sites for hydroxylation is 1. The zero-order chi connectivity index (χ0) is 13.8. The largest absolute Gasteiger partial charge is 0.478 e. The summed E-state index contributed by atoms with van der Waals surface area (Å²) in [4.78, 5) is 11.1. The Kier molecular flexibility index (Phi) is 3.48. The minimum atomic E-state index is -1.03. The second kappa shape index (κ2) is 5.23. The number of carboxylic acid groups (broad SMARTS) is 1. The quantitative estimate of drug-likeness (QED) is 0.910. The molecule has 0 aliphatic heterocycles. The summed E-state index contributed by atoms with van der Waals surface area (Å²) in [6.45, 7) is 1.82. The van der Waals surface area contributed by atoms with Crippen LogP contribution >= 0.6 is 0 Å². The van der Waals surface area contributed by atoms with Gasteiger partial charge in [0, 0.05) is 0 Å². The Bertz CT molecular complexity index is 654. The van der Waals surface area contributed by atoms with Crippen LogP contribution < -0.4 is 4.74 Å². The van der Waals surface area contributed by atoms with Crippen LogP contribution in [-0.4, -0.2) is 11.1 Å². The van der Waals surface area contributed by atoms with E-state index in [4.69, 9.17) is 15.1 Å². The first kappa shape index (κ1) is 12.7. The summed E-state index contributed by atoms with van der Waals surface area (Å²) in [5, 5.41) is 17.8. The maximum absolute atomic E-state index is 11.1. The maximum atomic E-state index is 11.1. The molecule has 0 aromatic heterocycles. The van der Waals surface area contributed by atoms with E-state index in [-0.39, 0.29) is 11.3 Å². The van der Waals surface area contributed by atoms with Crippen LogP contribution in [-0.2, 0) is 0 Å². The molecule has 0 bridgehead atoms. The highest BCUT2D eigenvalue weighted by molar-refractivity contribution is 5.91. The third-order valence-electron chi connectivity index (χ3n) is 2.58. The van der Waals surface area contributed by atoms with Crippen molar-refractivity contribution in [1.29, 1.82) is 5.26 Å². The molecule has 0 aliphatic rings. The van der Waals surface area contributed by atoms with Crippen molar-refractivity contribution < 1.29 is 14.6 Å². The zero-order valence-electron chi connectivity index (χ0n) is 10.3. The van der Waals surface area contributed by atoms with Gasteiger partial charge in [-0.2, -0.15) is 5.26 Å². The van der Waals surface area contributed by atoms with E-state index < -0.39 is 5.97 Å². The highest BCUT2D eigenvalue weighted by Gasteiger charge is 2.12. The van der Waals surface area contributed by atoms with Gasteiger partial charge in [0.05, 0.1) is 11.6 Å². The molecule has 0 atom stereocenters. The van der Waals surface area contributed by atoms with Crippen LogP contribution in [0.1, 0.15) is 21.5 Å². The predicted molar refractivity (Wildman–Crippen MR) is 69.4 cm³/mol. The van der Waals surface area contributed by atoms with Crippen molar-refractivity contribution in [2.45, 2.75) is 6.92 Å². The number of nitrogens with zero attached hydrogens (tertiary/aromatic N) is 1. The molecule has 19 heavy (non-hydrogen) atoms. The van der Waals surface area contributed by atoms with Crippen LogP contribution in [0.15, 0.2) is 42.5 Å². The molecule has 0 radical (unpaired) electrons. The number of ether oxygens (including phenoxy) is 1. The number of nitriles is 1. The molecule has 0 unspecified atom stereocenters. The van der Waals surface area contributed by atoms with Gasteiger partial charge in [-0.25, -0.2) is 4.79 Å². The lowest BCUT2D eigenvalue weighted by Gasteiger charge is -2.09. The van der Waals surface area contributed by atoms with E-state index in [2.05, 4.69) is 0 Å². The minimum Gasteiger partial charge on any atom is -0.478 e. The Balaban J connectivity index is 2.32. The molecule has 94 valence electrons. The van der Waals surface area contributed by atoms with E-state index >= 15 is 0 Å². The van der Waals surface area contributed by atoms with Gasteiger partial charge in [-0.05, 0) is 43.3 Å². The van der Waals surface area contributed by atoms with E-state index in [0.717, 1.165) is 5.56 Å². The number of rotatable bonds is 3. The number of hydrogen-bond donors (Lipinski definition) is 1. The normalized spacial score (nSPS) is 9.68. The molecular weight excluding hydrogens is 242 g/mol. The molecule has 0 fully saturated rings. The summed E-state index contributed by atoms with van der Waals surface area (Å²) in [7, 11) is 0. The molecule has 0 spiro atoms. The second-order valence-electron chi connectivity index (χ2n) is 4.04. The third kappa shape index (κ3) is 2.90. The van der Waals surface area contributed by atoms with Crippen molar-refractivity contribution in [3.63, 3.8) is 0 Å². The monoisotopic (exact) mass is 253 g/mol. The van der Waals surface area contributed by atoms with Crippen molar-refractivity contribution in [2.24, 2.45) is 0 Å². The Morgan fingerprint density at radius 3 is 2.47 bits per heavy atom. The SMILES string of the molecule is Cc1ccc(Oc2ccc(C#N)cc2)c(C(=O)O)c1. The Morgan fingerprint density at radius 1 is 1.21 bits per heavy atom. The average Bonchev–Trinajstić information content (AvgIpc) is 2.41. The van der Waals surface area contributed by atoms with Gasteiger partial charge in [-0.3, -0.25) is 0 Å². The topological polar surface area (TPSA) is 70.3 Å². The number of carbonyl (C=O) groups is 1. The highest BCUT2D eigenvalue weighted by atomic mass is 16.5. The summed E-state index contributed by atoms with van der Waals surface area (Å²) in [5.41, 5.74) is 1.49. The van der Waals surface area contributed by atoms with Crippen molar-refractivity contribution >= 4 is 5.97 Å². The van der Waals surface area contributed by atoms with Gasteiger partial charge in [-0.15, -0.1) is 0 Å². The first-order valence-electron chi connectivity index (χ1n) is 5.62. The van der Waals surface area contributed by atoms with Gasteiger partial charge in [0.2, 0.25) is 0 Å². The lowest BCUT2D eigenvalue weighted by Crippen LogP contribution is -2.00. The maximum Gasteiger partial charge on any atom is 0.339 e. The van der Waals surface area contributed by atoms with Crippen molar-refractivity contribution in [3.8, 4) is 17.6 Å². The fourth-order valence-electron chi connectivity index (χ4n) is 1.62. The summed E-state index contributed by atoms with van der Waals surface area (Å²) >= 11 is 0. The fourth-order valence-corrected chi connectivity index (χ4v) is 1.62. The van der Waals surface area contributed by atoms with E-state index in [0.29, 0.717) is 11.3 Å². The van der Waals surface area contributed by atoms with Crippen LogP contribution in [0.25, 0.3) is 0 Å². The molecule has 2 aromatic carbocycles. The van der Waals surface area contributed by atoms with Crippen molar-refractivity contribution in [1.82, 2.24) is 0 Å². The molecule has 0 saturated carbocycles. The smallest absolute Gasteiger partial charge is 0.339 e. The molecule has 4 nitrogen and oxygen atoms in total. The summed E-state index contributed by atoms with van der Waals surface area (Å²) in [6, 6.07) is 13.5. The van der Waals surface area contributed by atoms with Crippen molar-refractivity contribution in [2.75, 3.05) is 0 Å². The molecule has 0 heterocycles. The summed E-state index contributed by atoms with van der Waals surface area (Å²) < 4.78 is 5.54. The molecule has 2 aromatic rings. The van der Waals surface area contributed by atoms with E-state index in [1.54, 1.807) is 42.5 Å². The highest BCUT2D eigenvalue weighted by Crippen LogP contribution is 2.26. The molecule has 0 saturated heterocycles. The Morgan fingerprint density at radius 2 is 1.89 bits per heavy atom. The van der Waals surface area contributed by atoms with Crippen molar-refractivity contribution in [3.05, 3.63) is 59.2 Å². The summed E-state index contributed by atoms with van der Waals surface area (Å²) in [5.74, 6) is -0.263. The van der Waals surface area contributed by atoms with Crippen LogP contribution in [0, 0.1) is 18.3 Å². The fraction of sp³-hybridized carbons (Fsp3) is 0.0667. The Labute approximate surface area is 110 Å². The molecule has 0 amide bonds. The zero-order valence-corrected chi connectivity index (χ0v) is 10.3. The number of benzene rings is 2. The summed E-state index contributed by atoms with van der Waals surface area (Å²) in [6.07, 6.45) is 0. The first-order chi connectivity index (χ1) is 9.10. The van der Waals surface area contributed by atoms with Gasteiger partial charge in [-0.1, -0.05) is 11.6 Å². The van der Waals surface area contributed by atoms with Gasteiger partial charge < -0.3 is 9.84 Å². The van der Waals surface area contributed by atoms with Gasteiger partial charge >= 0.3 is 5.97 Å².